The van der Waals surface area contributed by atoms with E-state index in [1.54, 1.807) is 12.1 Å². The summed E-state index contributed by atoms with van der Waals surface area (Å²) in [4.78, 5) is 6.58. The molecule has 132 valence electrons. The summed E-state index contributed by atoms with van der Waals surface area (Å²) in [6.07, 6.45) is 2.92. The van der Waals surface area contributed by atoms with Crippen LogP contribution in [0.4, 0.5) is 0 Å². The molecule has 0 saturated carbocycles. The summed E-state index contributed by atoms with van der Waals surface area (Å²) >= 11 is 0. The SMILES string of the molecule is CCCCc1nc(CN(C)C(C)c2ccc(S(N)(=O)=O)cc2)no1. The van der Waals surface area contributed by atoms with Gasteiger partial charge in [0.15, 0.2) is 5.82 Å². The van der Waals surface area contributed by atoms with Crippen molar-refractivity contribution < 1.29 is 12.9 Å². The Morgan fingerprint density at radius 3 is 2.54 bits per heavy atom. The monoisotopic (exact) mass is 352 g/mol. The Kier molecular flexibility index (Phi) is 6.09. The van der Waals surface area contributed by atoms with Crippen LogP contribution >= 0.6 is 0 Å². The van der Waals surface area contributed by atoms with Crippen LogP contribution < -0.4 is 5.14 Å². The maximum Gasteiger partial charge on any atom is 0.238 e. The van der Waals surface area contributed by atoms with E-state index in [4.69, 9.17) is 9.66 Å². The largest absolute Gasteiger partial charge is 0.339 e. The fourth-order valence-corrected chi connectivity index (χ4v) is 2.85. The lowest BCUT2D eigenvalue weighted by Gasteiger charge is -2.23. The number of primary sulfonamides is 1. The van der Waals surface area contributed by atoms with Gasteiger partial charge in [0.2, 0.25) is 15.9 Å². The molecular weight excluding hydrogens is 328 g/mol. The van der Waals surface area contributed by atoms with Crippen molar-refractivity contribution in [1.29, 1.82) is 0 Å². The molecule has 1 heterocycles. The van der Waals surface area contributed by atoms with Crippen LogP contribution in [-0.2, 0) is 23.0 Å². The highest BCUT2D eigenvalue weighted by Crippen LogP contribution is 2.21. The summed E-state index contributed by atoms with van der Waals surface area (Å²) in [5.41, 5.74) is 0.986. The van der Waals surface area contributed by atoms with Gasteiger partial charge in [-0.1, -0.05) is 30.6 Å². The fourth-order valence-electron chi connectivity index (χ4n) is 2.33. The molecule has 1 aromatic carbocycles. The van der Waals surface area contributed by atoms with E-state index in [9.17, 15) is 8.42 Å². The van der Waals surface area contributed by atoms with Crippen LogP contribution in [0, 0.1) is 0 Å². The highest BCUT2D eigenvalue weighted by Gasteiger charge is 2.16. The van der Waals surface area contributed by atoms with E-state index >= 15 is 0 Å². The van der Waals surface area contributed by atoms with E-state index < -0.39 is 10.0 Å². The highest BCUT2D eigenvalue weighted by molar-refractivity contribution is 7.89. The van der Waals surface area contributed by atoms with Crippen molar-refractivity contribution in [3.05, 3.63) is 41.5 Å². The van der Waals surface area contributed by atoms with Crippen molar-refractivity contribution in [2.45, 2.75) is 50.6 Å². The number of nitrogens with two attached hydrogens (primary N) is 1. The molecule has 7 nitrogen and oxygen atoms in total. The molecule has 0 radical (unpaired) electrons. The number of unbranched alkanes of at least 4 members (excludes halogenated alkanes) is 1. The third kappa shape index (κ3) is 4.86. The Bertz CT molecular complexity index is 756. The summed E-state index contributed by atoms with van der Waals surface area (Å²) in [5, 5.41) is 9.12. The number of hydrogen-bond donors (Lipinski definition) is 1. The Hall–Kier alpha value is -1.77. The van der Waals surface area contributed by atoms with E-state index in [2.05, 4.69) is 22.0 Å². The number of rotatable bonds is 8. The lowest BCUT2D eigenvalue weighted by atomic mass is 10.1. The Labute approximate surface area is 142 Å². The number of aromatic nitrogens is 2. The van der Waals surface area contributed by atoms with Gasteiger partial charge >= 0.3 is 0 Å². The number of aryl methyl sites for hydroxylation is 1. The fraction of sp³-hybridized carbons (Fsp3) is 0.500. The van der Waals surface area contributed by atoms with Gasteiger partial charge in [0.1, 0.15) is 0 Å². The quantitative estimate of drug-likeness (QED) is 0.782. The minimum Gasteiger partial charge on any atom is -0.339 e. The van der Waals surface area contributed by atoms with E-state index in [1.165, 1.54) is 12.1 Å². The molecule has 24 heavy (non-hydrogen) atoms. The molecule has 2 N–H and O–H groups in total. The minimum absolute atomic E-state index is 0.0668. The Morgan fingerprint density at radius 2 is 1.96 bits per heavy atom. The third-order valence-corrected chi connectivity index (χ3v) is 4.93. The van der Waals surface area contributed by atoms with Gasteiger partial charge in [-0.25, -0.2) is 13.6 Å². The smallest absolute Gasteiger partial charge is 0.238 e. The van der Waals surface area contributed by atoms with Gasteiger partial charge in [-0.3, -0.25) is 4.90 Å². The first-order chi connectivity index (χ1) is 11.3. The second-order valence-corrected chi connectivity index (χ2v) is 7.47. The lowest BCUT2D eigenvalue weighted by molar-refractivity contribution is 0.242. The van der Waals surface area contributed by atoms with E-state index in [-0.39, 0.29) is 10.9 Å². The van der Waals surface area contributed by atoms with E-state index in [0.29, 0.717) is 18.3 Å². The maximum absolute atomic E-state index is 11.3. The summed E-state index contributed by atoms with van der Waals surface area (Å²) in [6, 6.07) is 6.64. The minimum atomic E-state index is -3.67. The zero-order valence-corrected chi connectivity index (χ0v) is 15.1. The molecule has 0 aliphatic rings. The molecule has 2 rings (SSSR count). The van der Waals surface area contributed by atoms with Crippen LogP contribution in [0.2, 0.25) is 0 Å². The summed E-state index contributed by atoms with van der Waals surface area (Å²) in [6.45, 7) is 4.70. The van der Waals surface area contributed by atoms with E-state index in [0.717, 1.165) is 24.8 Å². The molecule has 0 fully saturated rings. The zero-order valence-electron chi connectivity index (χ0n) is 14.3. The van der Waals surface area contributed by atoms with Gasteiger partial charge in [0.05, 0.1) is 11.4 Å². The van der Waals surface area contributed by atoms with Crippen molar-refractivity contribution in [1.82, 2.24) is 15.0 Å². The van der Waals surface area contributed by atoms with Crippen molar-refractivity contribution in [3.63, 3.8) is 0 Å². The standard InChI is InChI=1S/C16H24N4O3S/c1-4-5-6-16-18-15(19-23-16)11-20(3)12(2)13-7-9-14(10-8-13)24(17,21)22/h7-10,12H,4-6,11H2,1-3H3,(H2,17,21,22). The maximum atomic E-state index is 11.3. The van der Waals surface area contributed by atoms with Gasteiger partial charge in [0.25, 0.3) is 0 Å². The molecule has 0 aliphatic heterocycles. The summed E-state index contributed by atoms with van der Waals surface area (Å²) < 4.78 is 27.9. The van der Waals surface area contributed by atoms with Gasteiger partial charge in [-0.05, 0) is 38.1 Å². The zero-order chi connectivity index (χ0) is 17.7. The number of hydrogen-bond acceptors (Lipinski definition) is 6. The number of benzene rings is 1. The van der Waals surface area contributed by atoms with Crippen LogP contribution in [0.25, 0.3) is 0 Å². The van der Waals surface area contributed by atoms with Crippen molar-refractivity contribution >= 4 is 10.0 Å². The second-order valence-electron chi connectivity index (χ2n) is 5.91. The first-order valence-electron chi connectivity index (χ1n) is 7.95. The molecule has 0 bridgehead atoms. The average molecular weight is 352 g/mol. The average Bonchev–Trinajstić information content (AvgIpc) is 2.98. The molecule has 2 aromatic rings. The van der Waals surface area contributed by atoms with Crippen LogP contribution in [0.15, 0.2) is 33.7 Å². The van der Waals surface area contributed by atoms with Crippen LogP contribution in [0.5, 0.6) is 0 Å². The first-order valence-corrected chi connectivity index (χ1v) is 9.50. The molecule has 0 aliphatic carbocycles. The molecule has 1 atom stereocenters. The predicted molar refractivity (Wildman–Crippen MR) is 90.6 cm³/mol. The normalized spacial score (nSPS) is 13.4. The second kappa shape index (κ2) is 7.87. The van der Waals surface area contributed by atoms with Crippen molar-refractivity contribution in [2.75, 3.05) is 7.05 Å². The molecule has 1 unspecified atom stereocenters. The molecular formula is C16H24N4O3S. The Morgan fingerprint density at radius 1 is 1.29 bits per heavy atom. The first kappa shape index (κ1) is 18.6. The van der Waals surface area contributed by atoms with Crippen molar-refractivity contribution in [2.24, 2.45) is 5.14 Å². The number of sulfonamides is 1. The van der Waals surface area contributed by atoms with Gasteiger partial charge < -0.3 is 4.52 Å². The van der Waals surface area contributed by atoms with Crippen LogP contribution in [-0.4, -0.2) is 30.5 Å². The summed E-state index contributed by atoms with van der Waals surface area (Å²) in [5.74, 6) is 1.32. The topological polar surface area (TPSA) is 102 Å². The van der Waals surface area contributed by atoms with Gasteiger partial charge in [-0.2, -0.15) is 4.98 Å². The third-order valence-electron chi connectivity index (χ3n) is 4.00. The molecule has 0 saturated heterocycles. The van der Waals surface area contributed by atoms with E-state index in [1.807, 2.05) is 14.0 Å². The molecule has 1 aromatic heterocycles. The lowest BCUT2D eigenvalue weighted by Crippen LogP contribution is -2.22. The van der Waals surface area contributed by atoms with Gasteiger partial charge in [-0.15, -0.1) is 0 Å². The van der Waals surface area contributed by atoms with Crippen molar-refractivity contribution in [3.8, 4) is 0 Å². The molecule has 0 spiro atoms. The predicted octanol–water partition coefficient (Wildman–Crippen LogP) is 2.25. The van der Waals surface area contributed by atoms with Gasteiger partial charge in [0, 0.05) is 12.5 Å². The van der Waals surface area contributed by atoms with Crippen LogP contribution in [0.1, 0.15) is 50.0 Å². The summed E-state index contributed by atoms with van der Waals surface area (Å²) in [7, 11) is -1.71. The molecule has 0 amide bonds. The van der Waals surface area contributed by atoms with Crippen LogP contribution in [0.3, 0.4) is 0 Å². The number of nitrogens with zero attached hydrogens (tertiary/aromatic N) is 3. The Balaban J connectivity index is 2.01. The highest BCUT2D eigenvalue weighted by atomic mass is 32.2. The molecule has 8 heteroatoms.